The van der Waals surface area contributed by atoms with Gasteiger partial charge in [0.2, 0.25) is 0 Å². The van der Waals surface area contributed by atoms with Gasteiger partial charge in [0.05, 0.1) is 22.4 Å². The lowest BCUT2D eigenvalue weighted by atomic mass is 10.1. The molecule has 0 N–H and O–H groups in total. The topological polar surface area (TPSA) is 43.9 Å². The summed E-state index contributed by atoms with van der Waals surface area (Å²) in [7, 11) is 0. The van der Waals surface area contributed by atoms with Crippen LogP contribution >= 0.6 is 27.5 Å². The van der Waals surface area contributed by atoms with E-state index in [1.807, 2.05) is 53.4 Å². The lowest BCUT2D eigenvalue weighted by Gasteiger charge is -2.06. The second kappa shape index (κ2) is 7.70. The minimum absolute atomic E-state index is 0.301. The number of benzene rings is 2. The van der Waals surface area contributed by atoms with Gasteiger partial charge < -0.3 is 9.09 Å². The molecule has 0 spiro atoms. The number of pyridine rings is 1. The maximum absolute atomic E-state index is 14.2. The van der Waals surface area contributed by atoms with Gasteiger partial charge in [-0.15, -0.1) is 0 Å². The molecule has 0 amide bonds. The second-order valence-electron chi connectivity index (χ2n) is 6.86. The molecule has 30 heavy (non-hydrogen) atoms. The quantitative estimate of drug-likeness (QED) is 0.279. The minimum Gasteiger partial charge on any atom is -0.359 e. The minimum atomic E-state index is -0.301. The van der Waals surface area contributed by atoms with Crippen LogP contribution in [0.15, 0.2) is 82.1 Å². The van der Waals surface area contributed by atoms with E-state index in [0.717, 1.165) is 27.0 Å². The maximum atomic E-state index is 14.2. The molecular weight excluding hydrogens is 469 g/mol. The van der Waals surface area contributed by atoms with E-state index in [4.69, 9.17) is 16.1 Å². The molecule has 1 aromatic heterocycles. The predicted octanol–water partition coefficient (Wildman–Crippen LogP) is 6.91. The summed E-state index contributed by atoms with van der Waals surface area (Å²) in [5, 5.41) is 4.82. The fourth-order valence-electron chi connectivity index (χ4n) is 3.35. The molecule has 0 saturated heterocycles. The molecule has 0 aliphatic carbocycles. The zero-order valence-corrected chi connectivity index (χ0v) is 17.9. The average molecular weight is 483 g/mol. The molecule has 0 radical (unpaired) electrons. The van der Waals surface area contributed by atoms with Crippen molar-refractivity contribution in [3.63, 3.8) is 0 Å². The summed E-state index contributed by atoms with van der Waals surface area (Å²) in [4.78, 5) is 4.64. The van der Waals surface area contributed by atoms with Crippen LogP contribution in [0.3, 0.4) is 0 Å². The van der Waals surface area contributed by atoms with Gasteiger partial charge >= 0.3 is 0 Å². The zero-order chi connectivity index (χ0) is 20.7. The van der Waals surface area contributed by atoms with Crippen LogP contribution in [0.25, 0.3) is 33.8 Å². The molecule has 2 aliphatic heterocycles. The Labute approximate surface area is 185 Å². The Morgan fingerprint density at radius 3 is 2.60 bits per heavy atom. The van der Waals surface area contributed by atoms with E-state index in [0.29, 0.717) is 28.6 Å². The van der Waals surface area contributed by atoms with Gasteiger partial charge in [0.1, 0.15) is 11.5 Å². The van der Waals surface area contributed by atoms with Crippen molar-refractivity contribution >= 4 is 27.5 Å². The molecule has 2 aliphatic rings. The highest BCUT2D eigenvalue weighted by Gasteiger charge is 2.20. The summed E-state index contributed by atoms with van der Waals surface area (Å²) in [6.07, 6.45) is 3.85. The van der Waals surface area contributed by atoms with Crippen molar-refractivity contribution in [2.45, 2.75) is 6.54 Å². The molecule has 148 valence electrons. The van der Waals surface area contributed by atoms with Gasteiger partial charge in [0.15, 0.2) is 5.76 Å². The molecule has 0 atom stereocenters. The summed E-state index contributed by atoms with van der Waals surface area (Å²) in [5.74, 6) is 0.412. The van der Waals surface area contributed by atoms with Gasteiger partial charge in [-0.05, 0) is 46.3 Å². The molecule has 7 heteroatoms. The molecule has 4 nitrogen and oxygen atoms in total. The molecule has 0 fully saturated rings. The number of halogens is 3. The molecule has 0 unspecified atom stereocenters. The summed E-state index contributed by atoms with van der Waals surface area (Å²) >= 11 is 9.51. The Kier molecular flexibility index (Phi) is 4.89. The van der Waals surface area contributed by atoms with E-state index in [1.54, 1.807) is 18.2 Å². The number of hydrogen-bond acceptors (Lipinski definition) is 3. The van der Waals surface area contributed by atoms with Gasteiger partial charge in [-0.1, -0.05) is 41.0 Å². The van der Waals surface area contributed by atoms with Crippen LogP contribution in [0.4, 0.5) is 4.39 Å². The Morgan fingerprint density at radius 1 is 1.00 bits per heavy atom. The van der Waals surface area contributed by atoms with Crippen molar-refractivity contribution in [2.24, 2.45) is 0 Å². The summed E-state index contributed by atoms with van der Waals surface area (Å²) in [6.45, 7) is 0.496. The highest BCUT2D eigenvalue weighted by Crippen LogP contribution is 2.39. The van der Waals surface area contributed by atoms with Crippen LogP contribution in [0.1, 0.15) is 5.76 Å². The maximum Gasteiger partial charge on any atom is 0.157 e. The monoisotopic (exact) mass is 481 g/mol. The molecule has 0 bridgehead atoms. The zero-order valence-electron chi connectivity index (χ0n) is 15.5. The van der Waals surface area contributed by atoms with Crippen molar-refractivity contribution in [2.75, 3.05) is 0 Å². The van der Waals surface area contributed by atoms with Gasteiger partial charge in [-0.25, -0.2) is 9.37 Å². The number of hydrogen-bond donors (Lipinski definition) is 0. The Morgan fingerprint density at radius 2 is 1.80 bits per heavy atom. The van der Waals surface area contributed by atoms with Crippen molar-refractivity contribution in [3.8, 4) is 33.8 Å². The fraction of sp³-hybridized carbons (Fsp3) is 0.0435. The molecule has 3 heterocycles. The number of nitrogens with zero attached hydrogens (tertiary/aromatic N) is 3. The van der Waals surface area contributed by atoms with Crippen molar-refractivity contribution in [3.05, 3.63) is 94.1 Å². The van der Waals surface area contributed by atoms with Crippen LogP contribution in [-0.4, -0.2) is 14.7 Å². The van der Waals surface area contributed by atoms with E-state index in [1.165, 1.54) is 6.07 Å². The smallest absolute Gasteiger partial charge is 0.157 e. The lowest BCUT2D eigenvalue weighted by molar-refractivity contribution is 0.378. The highest BCUT2D eigenvalue weighted by atomic mass is 79.9. The van der Waals surface area contributed by atoms with E-state index >= 15 is 0 Å². The third-order valence-electron chi connectivity index (χ3n) is 4.84. The van der Waals surface area contributed by atoms with E-state index in [9.17, 15) is 4.39 Å². The average Bonchev–Trinajstić information content (AvgIpc) is 3.34. The SMILES string of the molecule is Fc1ccccc1-c1nc2cn(Cc3cc(-c4ccc(Cl)cc4)no3)ccc-2c1Br. The second-order valence-corrected chi connectivity index (χ2v) is 8.09. The summed E-state index contributed by atoms with van der Waals surface area (Å²) in [6, 6.07) is 17.9. The third kappa shape index (κ3) is 3.53. The fourth-order valence-corrected chi connectivity index (χ4v) is 4.11. The standard InChI is InChI=1S/C23H14BrClFN3O/c24-22-18-9-10-29(13-21(18)27-23(22)17-3-1-2-4-19(17)26)12-16-11-20(28-30-16)14-5-7-15(25)8-6-14/h1-11,13H,12H2. The van der Waals surface area contributed by atoms with Crippen molar-refractivity contribution in [1.82, 2.24) is 14.7 Å². The van der Waals surface area contributed by atoms with E-state index < -0.39 is 0 Å². The first-order chi connectivity index (χ1) is 14.6. The largest absolute Gasteiger partial charge is 0.359 e. The van der Waals surface area contributed by atoms with Gasteiger partial charge in [0, 0.05) is 40.2 Å². The Bertz CT molecular complexity index is 1310. The third-order valence-corrected chi connectivity index (χ3v) is 5.89. The molecular formula is C23H14BrClFN3O. The number of aromatic nitrogens is 3. The molecule has 2 aromatic carbocycles. The Hall–Kier alpha value is -2.96. The van der Waals surface area contributed by atoms with E-state index in [2.05, 4.69) is 26.1 Å². The van der Waals surface area contributed by atoms with Gasteiger partial charge in [-0.3, -0.25) is 0 Å². The normalized spacial score (nSPS) is 11.3. The summed E-state index contributed by atoms with van der Waals surface area (Å²) in [5.41, 5.74) is 4.43. The first-order valence-electron chi connectivity index (χ1n) is 9.20. The molecule has 3 aromatic rings. The lowest BCUT2D eigenvalue weighted by Crippen LogP contribution is -1.99. The summed E-state index contributed by atoms with van der Waals surface area (Å²) < 4.78 is 22.5. The van der Waals surface area contributed by atoms with Crippen molar-refractivity contribution in [1.29, 1.82) is 0 Å². The van der Waals surface area contributed by atoms with Gasteiger partial charge in [0.25, 0.3) is 0 Å². The van der Waals surface area contributed by atoms with Crippen LogP contribution in [0.2, 0.25) is 5.02 Å². The first-order valence-corrected chi connectivity index (χ1v) is 10.4. The Balaban J connectivity index is 1.44. The van der Waals surface area contributed by atoms with Crippen LogP contribution < -0.4 is 0 Å². The number of rotatable bonds is 4. The molecule has 0 saturated carbocycles. The van der Waals surface area contributed by atoms with Gasteiger partial charge in [-0.2, -0.15) is 0 Å². The number of fused-ring (bicyclic) bond motifs is 1. The van der Waals surface area contributed by atoms with Crippen LogP contribution in [0.5, 0.6) is 0 Å². The van der Waals surface area contributed by atoms with Crippen LogP contribution in [0, 0.1) is 5.82 Å². The first kappa shape index (κ1) is 19.0. The van der Waals surface area contributed by atoms with Crippen LogP contribution in [-0.2, 0) is 6.54 Å². The highest BCUT2D eigenvalue weighted by molar-refractivity contribution is 9.10. The van der Waals surface area contributed by atoms with Crippen molar-refractivity contribution < 1.29 is 8.91 Å². The van der Waals surface area contributed by atoms with E-state index in [-0.39, 0.29) is 5.82 Å². The predicted molar refractivity (Wildman–Crippen MR) is 118 cm³/mol. The molecule has 5 rings (SSSR count).